The van der Waals surface area contributed by atoms with E-state index in [9.17, 15) is 29.1 Å². The van der Waals surface area contributed by atoms with Gasteiger partial charge < -0.3 is 34.3 Å². The van der Waals surface area contributed by atoms with Crippen molar-refractivity contribution in [1.82, 2.24) is 9.97 Å². The molecule has 1 aromatic carbocycles. The summed E-state index contributed by atoms with van der Waals surface area (Å²) in [6.07, 6.45) is 4.87. The van der Waals surface area contributed by atoms with Crippen molar-refractivity contribution in [3.63, 3.8) is 0 Å². The van der Waals surface area contributed by atoms with Crippen molar-refractivity contribution in [1.29, 1.82) is 0 Å². The molecule has 2 aromatic rings. The molecule has 0 unspecified atom stereocenters. The number of carboxylic acids is 1. The normalized spacial score (nSPS) is 16.2. The lowest BCUT2D eigenvalue weighted by Gasteiger charge is -2.40. The Hall–Kier alpha value is -4.46. The maximum Gasteiger partial charge on any atom is 0.306 e. The van der Waals surface area contributed by atoms with Crippen molar-refractivity contribution < 1.29 is 48.0 Å². The summed E-state index contributed by atoms with van der Waals surface area (Å²) >= 11 is 5.96. The summed E-state index contributed by atoms with van der Waals surface area (Å²) in [5.41, 5.74) is 2.60. The Morgan fingerprint density at radius 2 is 1.59 bits per heavy atom. The molecular formula is C36H49ClN4O10. The lowest BCUT2D eigenvalue weighted by Crippen LogP contribution is -2.42. The molecule has 1 heterocycles. The number of rotatable bonds is 19. The van der Waals surface area contributed by atoms with E-state index in [0.717, 1.165) is 36.3 Å². The first-order valence-electron chi connectivity index (χ1n) is 17.2. The fourth-order valence-corrected chi connectivity index (χ4v) is 5.92. The lowest BCUT2D eigenvalue weighted by atomic mass is 9.90. The SMILES string of the molecule is CC(=O)OCC(COC(C)=O)OC(=O)CCCC(=O)OC1CCC(N(CC(C)C)c2ccc([C@H](C)CC(=O)O)cc2Nc2cnc(Cl)cn2)CC1. The topological polar surface area (TPSA) is 184 Å². The number of halogens is 1. The first kappa shape index (κ1) is 41.0. The van der Waals surface area contributed by atoms with Crippen molar-refractivity contribution in [3.05, 3.63) is 41.3 Å². The molecule has 280 valence electrons. The van der Waals surface area contributed by atoms with Crippen LogP contribution in [-0.4, -0.2) is 82.9 Å². The average Bonchev–Trinajstić information content (AvgIpc) is 3.06. The largest absolute Gasteiger partial charge is 0.481 e. The van der Waals surface area contributed by atoms with Crippen LogP contribution in [0.3, 0.4) is 0 Å². The first-order chi connectivity index (χ1) is 24.2. The number of carbonyl (C=O) groups excluding carboxylic acids is 4. The van der Waals surface area contributed by atoms with E-state index in [0.29, 0.717) is 24.6 Å². The molecule has 0 saturated heterocycles. The molecule has 0 aliphatic heterocycles. The molecule has 1 aliphatic rings. The van der Waals surface area contributed by atoms with E-state index in [1.807, 2.05) is 25.1 Å². The van der Waals surface area contributed by atoms with Gasteiger partial charge in [-0.05, 0) is 61.6 Å². The first-order valence-corrected chi connectivity index (χ1v) is 17.6. The van der Waals surface area contributed by atoms with Crippen LogP contribution in [0.2, 0.25) is 5.15 Å². The summed E-state index contributed by atoms with van der Waals surface area (Å²) in [5.74, 6) is -2.38. The van der Waals surface area contributed by atoms with Gasteiger partial charge in [-0.25, -0.2) is 9.97 Å². The monoisotopic (exact) mass is 732 g/mol. The van der Waals surface area contributed by atoms with Crippen LogP contribution in [0.4, 0.5) is 17.2 Å². The second-order valence-electron chi connectivity index (χ2n) is 13.2. The number of carbonyl (C=O) groups is 5. The Morgan fingerprint density at radius 3 is 2.16 bits per heavy atom. The molecule has 0 radical (unpaired) electrons. The van der Waals surface area contributed by atoms with Gasteiger partial charge in [-0.2, -0.15) is 0 Å². The number of aliphatic carboxylic acids is 1. The predicted octanol–water partition coefficient (Wildman–Crippen LogP) is 5.98. The van der Waals surface area contributed by atoms with Crippen molar-refractivity contribution >= 4 is 58.6 Å². The standard InChI is InChI=1S/C36H49ClN4O10/c1-22(2)19-41(31-14-9-26(23(3)15-34(44)45)16-30(31)40-33-18-38-32(37)17-39-33)27-10-12-28(13-11-27)50-35(46)7-6-8-36(47)51-29(20-48-24(4)42)21-49-25(5)43/h9,14,16-18,22-23,27-29H,6-8,10-13,15,19-21H2,1-5H3,(H,39,40)(H,44,45)/t23-,27?,28?/m1/s1. The molecule has 3 rings (SSSR count). The maximum atomic E-state index is 12.7. The smallest absolute Gasteiger partial charge is 0.306 e. The van der Waals surface area contributed by atoms with Gasteiger partial charge in [0.15, 0.2) is 6.10 Å². The van der Waals surface area contributed by atoms with E-state index >= 15 is 0 Å². The van der Waals surface area contributed by atoms with Crippen LogP contribution >= 0.6 is 11.6 Å². The number of carboxylic acid groups (broad SMARTS) is 1. The predicted molar refractivity (Wildman–Crippen MR) is 189 cm³/mol. The minimum Gasteiger partial charge on any atom is -0.481 e. The van der Waals surface area contributed by atoms with Crippen LogP contribution in [0.15, 0.2) is 30.6 Å². The number of aromatic nitrogens is 2. The van der Waals surface area contributed by atoms with Crippen molar-refractivity contribution in [3.8, 4) is 0 Å². The van der Waals surface area contributed by atoms with Crippen molar-refractivity contribution in [2.45, 2.75) is 110 Å². The number of hydrogen-bond donors (Lipinski definition) is 2. The minimum atomic E-state index is -0.945. The van der Waals surface area contributed by atoms with Gasteiger partial charge >= 0.3 is 29.8 Å². The summed E-state index contributed by atoms with van der Waals surface area (Å²) in [4.78, 5) is 69.6. The van der Waals surface area contributed by atoms with Crippen molar-refractivity contribution in [2.75, 3.05) is 30.0 Å². The highest BCUT2D eigenvalue weighted by molar-refractivity contribution is 6.29. The third kappa shape index (κ3) is 14.7. The molecule has 1 fully saturated rings. The third-order valence-electron chi connectivity index (χ3n) is 8.21. The summed E-state index contributed by atoms with van der Waals surface area (Å²) in [6, 6.07) is 6.12. The number of nitrogens with zero attached hydrogens (tertiary/aromatic N) is 3. The van der Waals surface area contributed by atoms with Gasteiger partial charge in [0.1, 0.15) is 30.3 Å². The average molecular weight is 733 g/mol. The highest BCUT2D eigenvalue weighted by Crippen LogP contribution is 2.37. The minimum absolute atomic E-state index is 0.00216. The van der Waals surface area contributed by atoms with Gasteiger partial charge in [-0.3, -0.25) is 24.0 Å². The van der Waals surface area contributed by atoms with E-state index in [2.05, 4.69) is 34.0 Å². The maximum absolute atomic E-state index is 12.7. The second-order valence-corrected chi connectivity index (χ2v) is 13.5. The molecule has 14 nitrogen and oxygen atoms in total. The number of benzene rings is 1. The fourth-order valence-electron chi connectivity index (χ4n) is 5.82. The molecule has 1 atom stereocenters. The summed E-state index contributed by atoms with van der Waals surface area (Å²) in [6.45, 7) is 8.87. The van der Waals surface area contributed by atoms with Crippen LogP contribution in [0.25, 0.3) is 0 Å². The zero-order chi connectivity index (χ0) is 37.5. The van der Waals surface area contributed by atoms with Gasteiger partial charge in [0, 0.05) is 39.3 Å². The molecular weight excluding hydrogens is 684 g/mol. The van der Waals surface area contributed by atoms with Crippen LogP contribution in [0.1, 0.15) is 97.5 Å². The number of anilines is 3. The van der Waals surface area contributed by atoms with E-state index in [1.54, 1.807) is 6.20 Å². The number of esters is 4. The van der Waals surface area contributed by atoms with Gasteiger partial charge in [-0.15, -0.1) is 0 Å². The second kappa shape index (κ2) is 20.4. The molecule has 0 amide bonds. The van der Waals surface area contributed by atoms with Gasteiger partial charge in [0.2, 0.25) is 0 Å². The zero-order valence-electron chi connectivity index (χ0n) is 29.9. The van der Waals surface area contributed by atoms with Crippen LogP contribution in [0.5, 0.6) is 0 Å². The summed E-state index contributed by atoms with van der Waals surface area (Å²) < 4.78 is 20.8. The molecule has 2 N–H and O–H groups in total. The Bertz CT molecular complexity index is 1460. The van der Waals surface area contributed by atoms with E-state index in [1.165, 1.54) is 20.0 Å². The molecule has 1 aliphatic carbocycles. The molecule has 0 spiro atoms. The van der Waals surface area contributed by atoms with Gasteiger partial charge in [0.05, 0.1) is 30.2 Å². The number of ether oxygens (including phenoxy) is 4. The van der Waals surface area contributed by atoms with Crippen LogP contribution < -0.4 is 10.2 Å². The highest BCUT2D eigenvalue weighted by Gasteiger charge is 2.30. The molecule has 1 saturated carbocycles. The van der Waals surface area contributed by atoms with Crippen LogP contribution in [0, 0.1) is 5.92 Å². The third-order valence-corrected chi connectivity index (χ3v) is 8.41. The van der Waals surface area contributed by atoms with Gasteiger partial charge in [-0.1, -0.05) is 38.4 Å². The summed E-state index contributed by atoms with van der Waals surface area (Å²) in [7, 11) is 0. The Balaban J connectivity index is 1.61. The molecule has 0 bridgehead atoms. The van der Waals surface area contributed by atoms with E-state index < -0.39 is 36.0 Å². The Kier molecular flexibility index (Phi) is 16.4. The lowest BCUT2D eigenvalue weighted by molar-refractivity contribution is -0.165. The highest BCUT2D eigenvalue weighted by atomic mass is 35.5. The Labute approximate surface area is 303 Å². The number of nitrogens with one attached hydrogen (secondary N) is 1. The molecule has 51 heavy (non-hydrogen) atoms. The molecule has 1 aromatic heterocycles. The summed E-state index contributed by atoms with van der Waals surface area (Å²) in [5, 5.41) is 13.0. The zero-order valence-corrected chi connectivity index (χ0v) is 30.6. The Morgan fingerprint density at radius 1 is 0.941 bits per heavy atom. The quantitative estimate of drug-likeness (QED) is 0.127. The van der Waals surface area contributed by atoms with E-state index in [-0.39, 0.29) is 62.1 Å². The number of hydrogen-bond acceptors (Lipinski definition) is 13. The van der Waals surface area contributed by atoms with E-state index in [4.69, 9.17) is 30.5 Å². The van der Waals surface area contributed by atoms with Crippen molar-refractivity contribution in [2.24, 2.45) is 5.92 Å². The van der Waals surface area contributed by atoms with Crippen LogP contribution in [-0.2, 0) is 42.9 Å². The fraction of sp³-hybridized carbons (Fsp3) is 0.583. The molecule has 15 heteroatoms. The van der Waals surface area contributed by atoms with Gasteiger partial charge in [0.25, 0.3) is 0 Å².